The van der Waals surface area contributed by atoms with E-state index in [4.69, 9.17) is 4.42 Å². The van der Waals surface area contributed by atoms with Gasteiger partial charge < -0.3 is 9.73 Å². The van der Waals surface area contributed by atoms with Crippen molar-refractivity contribution in [2.45, 2.75) is 24.8 Å². The Bertz CT molecular complexity index is 620. The minimum absolute atomic E-state index is 0.0744. The first-order chi connectivity index (χ1) is 9.51. The van der Waals surface area contributed by atoms with Gasteiger partial charge in [0.2, 0.25) is 0 Å². The van der Waals surface area contributed by atoms with E-state index in [1.165, 1.54) is 11.8 Å². The lowest BCUT2D eigenvalue weighted by atomic mass is 10.2. The van der Waals surface area contributed by atoms with Crippen LogP contribution in [0, 0.1) is 24.0 Å². The fourth-order valence-corrected chi connectivity index (χ4v) is 2.53. The van der Waals surface area contributed by atoms with E-state index in [2.05, 4.69) is 10.3 Å². The van der Waals surface area contributed by atoms with Gasteiger partial charge in [0.15, 0.2) is 0 Å². The number of nitro benzene ring substituents is 1. The van der Waals surface area contributed by atoms with Crippen molar-refractivity contribution >= 4 is 23.1 Å². The maximum absolute atomic E-state index is 11.0. The Hall–Kier alpha value is -2.02. The van der Waals surface area contributed by atoms with Crippen molar-refractivity contribution in [1.82, 2.24) is 4.98 Å². The molecule has 20 heavy (non-hydrogen) atoms. The molecule has 0 saturated carbocycles. The molecular formula is C13H15N3O3S. The van der Waals surface area contributed by atoms with Crippen molar-refractivity contribution in [2.24, 2.45) is 0 Å². The number of aromatic nitrogens is 1. The number of anilines is 1. The van der Waals surface area contributed by atoms with Crippen LogP contribution in [-0.4, -0.2) is 17.0 Å². The van der Waals surface area contributed by atoms with Crippen LogP contribution in [0.5, 0.6) is 0 Å². The molecule has 0 aliphatic carbocycles. The van der Waals surface area contributed by atoms with Gasteiger partial charge in [-0.2, -0.15) is 0 Å². The molecule has 7 heteroatoms. The summed E-state index contributed by atoms with van der Waals surface area (Å²) in [7, 11) is 1.66. The van der Waals surface area contributed by atoms with Crippen molar-refractivity contribution in [1.29, 1.82) is 0 Å². The Kier molecular flexibility index (Phi) is 4.29. The first kappa shape index (κ1) is 14.4. The van der Waals surface area contributed by atoms with Gasteiger partial charge in [-0.1, -0.05) is 17.8 Å². The molecule has 0 fully saturated rings. The average molecular weight is 293 g/mol. The van der Waals surface area contributed by atoms with E-state index in [9.17, 15) is 10.1 Å². The summed E-state index contributed by atoms with van der Waals surface area (Å²) in [4.78, 5) is 14.9. The molecule has 1 aromatic carbocycles. The van der Waals surface area contributed by atoms with Crippen LogP contribution in [0.25, 0.3) is 0 Å². The molecule has 2 rings (SSSR count). The van der Waals surface area contributed by atoms with Crippen molar-refractivity contribution in [3.8, 4) is 0 Å². The lowest BCUT2D eigenvalue weighted by molar-refractivity contribution is -0.384. The maximum atomic E-state index is 11.0. The second kappa shape index (κ2) is 5.96. The summed E-state index contributed by atoms with van der Waals surface area (Å²) in [6.45, 7) is 3.74. The van der Waals surface area contributed by atoms with Gasteiger partial charge in [0, 0.05) is 18.9 Å². The standard InChI is InChI=1S/C13H15N3O3S/c1-8-9(2)19-13(15-8)20-7-10-4-5-11(14-3)12(6-10)16(17)18/h4-6,14H,7H2,1-3H3. The maximum Gasteiger partial charge on any atom is 0.292 e. The number of nitrogens with one attached hydrogen (secondary N) is 1. The molecule has 1 aromatic heterocycles. The molecule has 0 atom stereocenters. The lowest BCUT2D eigenvalue weighted by Gasteiger charge is -2.04. The topological polar surface area (TPSA) is 81.2 Å². The molecule has 0 aliphatic rings. The zero-order chi connectivity index (χ0) is 14.7. The van der Waals surface area contributed by atoms with Crippen molar-refractivity contribution in [3.05, 3.63) is 45.3 Å². The molecule has 0 saturated heterocycles. The van der Waals surface area contributed by atoms with Crippen LogP contribution < -0.4 is 5.32 Å². The predicted octanol–water partition coefficient (Wildman–Crippen LogP) is 3.53. The number of benzene rings is 1. The summed E-state index contributed by atoms with van der Waals surface area (Å²) in [6.07, 6.45) is 0. The molecule has 6 nitrogen and oxygen atoms in total. The van der Waals surface area contributed by atoms with Crippen LogP contribution >= 0.6 is 11.8 Å². The number of aryl methyl sites for hydroxylation is 2. The summed E-state index contributed by atoms with van der Waals surface area (Å²) in [5.41, 5.74) is 2.30. The molecule has 0 aliphatic heterocycles. The van der Waals surface area contributed by atoms with E-state index in [0.717, 1.165) is 17.0 Å². The zero-order valence-corrected chi connectivity index (χ0v) is 12.3. The molecule has 0 bridgehead atoms. The third-order valence-electron chi connectivity index (χ3n) is 2.90. The quantitative estimate of drug-likeness (QED) is 0.516. The van der Waals surface area contributed by atoms with Crippen molar-refractivity contribution in [3.63, 3.8) is 0 Å². The van der Waals surface area contributed by atoms with Crippen molar-refractivity contribution in [2.75, 3.05) is 12.4 Å². The Morgan fingerprint density at radius 3 is 2.75 bits per heavy atom. The Balaban J connectivity index is 2.13. The summed E-state index contributed by atoms with van der Waals surface area (Å²) in [5.74, 6) is 1.37. The minimum Gasteiger partial charge on any atom is -0.437 e. The Morgan fingerprint density at radius 1 is 1.45 bits per heavy atom. The molecule has 0 amide bonds. The summed E-state index contributed by atoms with van der Waals surface area (Å²) >= 11 is 1.42. The number of nitro groups is 1. The molecule has 2 aromatic rings. The van der Waals surface area contributed by atoms with Gasteiger partial charge in [-0.25, -0.2) is 4.98 Å². The van der Waals surface area contributed by atoms with Gasteiger partial charge in [0.25, 0.3) is 10.9 Å². The SMILES string of the molecule is CNc1ccc(CSc2nc(C)c(C)o2)cc1[N+](=O)[O-]. The average Bonchev–Trinajstić information content (AvgIpc) is 2.75. The zero-order valence-electron chi connectivity index (χ0n) is 11.5. The van der Waals surface area contributed by atoms with Gasteiger partial charge in [0.05, 0.1) is 10.6 Å². The number of oxazole rings is 1. The second-order valence-corrected chi connectivity index (χ2v) is 5.20. The van der Waals surface area contributed by atoms with E-state index < -0.39 is 0 Å². The third kappa shape index (κ3) is 3.11. The van der Waals surface area contributed by atoms with Gasteiger partial charge in [-0.15, -0.1) is 0 Å². The first-order valence-corrected chi connectivity index (χ1v) is 7.01. The summed E-state index contributed by atoms with van der Waals surface area (Å²) in [6, 6.07) is 5.13. The number of hydrogen-bond acceptors (Lipinski definition) is 6. The van der Waals surface area contributed by atoms with Gasteiger partial charge in [-0.05, 0) is 25.5 Å². The van der Waals surface area contributed by atoms with Crippen LogP contribution in [0.3, 0.4) is 0 Å². The number of thioether (sulfide) groups is 1. The third-order valence-corrected chi connectivity index (χ3v) is 3.80. The monoisotopic (exact) mass is 293 g/mol. The predicted molar refractivity (Wildman–Crippen MR) is 78.2 cm³/mol. The highest BCUT2D eigenvalue weighted by Crippen LogP contribution is 2.29. The van der Waals surface area contributed by atoms with Crippen LogP contribution in [0.4, 0.5) is 11.4 Å². The molecule has 0 spiro atoms. The fourth-order valence-electron chi connectivity index (χ4n) is 1.68. The Morgan fingerprint density at radius 2 is 2.20 bits per heavy atom. The highest BCUT2D eigenvalue weighted by atomic mass is 32.2. The number of rotatable bonds is 5. The van der Waals surface area contributed by atoms with E-state index in [1.807, 2.05) is 19.9 Å². The van der Waals surface area contributed by atoms with Crippen LogP contribution in [0.2, 0.25) is 0 Å². The summed E-state index contributed by atoms with van der Waals surface area (Å²) in [5, 5.41) is 14.4. The van der Waals surface area contributed by atoms with Gasteiger partial charge in [0.1, 0.15) is 11.4 Å². The Labute approximate surface area is 120 Å². The van der Waals surface area contributed by atoms with E-state index >= 15 is 0 Å². The molecule has 0 radical (unpaired) electrons. The number of nitrogens with zero attached hydrogens (tertiary/aromatic N) is 2. The lowest BCUT2D eigenvalue weighted by Crippen LogP contribution is -1.97. The second-order valence-electron chi connectivity index (χ2n) is 4.27. The van der Waals surface area contributed by atoms with E-state index in [0.29, 0.717) is 16.7 Å². The molecule has 0 unspecified atom stereocenters. The molecule has 1 heterocycles. The highest BCUT2D eigenvalue weighted by Gasteiger charge is 2.14. The van der Waals surface area contributed by atoms with E-state index in [1.54, 1.807) is 19.2 Å². The fraction of sp³-hybridized carbons (Fsp3) is 0.308. The molecule has 1 N–H and O–H groups in total. The molecule has 106 valence electrons. The first-order valence-electron chi connectivity index (χ1n) is 6.03. The van der Waals surface area contributed by atoms with Crippen LogP contribution in [-0.2, 0) is 5.75 Å². The van der Waals surface area contributed by atoms with E-state index in [-0.39, 0.29) is 10.6 Å². The van der Waals surface area contributed by atoms with Crippen molar-refractivity contribution < 1.29 is 9.34 Å². The van der Waals surface area contributed by atoms with Gasteiger partial charge in [-0.3, -0.25) is 10.1 Å². The minimum atomic E-state index is -0.389. The summed E-state index contributed by atoms with van der Waals surface area (Å²) < 4.78 is 5.46. The number of hydrogen-bond donors (Lipinski definition) is 1. The normalized spacial score (nSPS) is 10.6. The largest absolute Gasteiger partial charge is 0.437 e. The van der Waals surface area contributed by atoms with Crippen LogP contribution in [0.1, 0.15) is 17.0 Å². The smallest absolute Gasteiger partial charge is 0.292 e. The van der Waals surface area contributed by atoms with Gasteiger partial charge >= 0.3 is 0 Å². The highest BCUT2D eigenvalue weighted by molar-refractivity contribution is 7.98. The molecular weight excluding hydrogens is 278 g/mol. The van der Waals surface area contributed by atoms with Crippen LogP contribution in [0.15, 0.2) is 27.8 Å².